The number of nitrogen functional groups attached to an aromatic ring is 1. The van der Waals surface area contributed by atoms with Crippen molar-refractivity contribution in [2.45, 2.75) is 24.2 Å². The van der Waals surface area contributed by atoms with Gasteiger partial charge in [0.25, 0.3) is 0 Å². The minimum absolute atomic E-state index is 0.225. The lowest BCUT2D eigenvalue weighted by Crippen LogP contribution is -2.03. The molecule has 0 spiro atoms. The molecule has 2 N–H and O–H groups in total. The Bertz CT molecular complexity index is 590. The van der Waals surface area contributed by atoms with Crippen LogP contribution in [0.3, 0.4) is 0 Å². The van der Waals surface area contributed by atoms with Crippen LogP contribution in [0.15, 0.2) is 47.4 Å². The fourth-order valence-electron chi connectivity index (χ4n) is 1.82. The van der Waals surface area contributed by atoms with E-state index in [-0.39, 0.29) is 5.75 Å². The highest BCUT2D eigenvalue weighted by Crippen LogP contribution is 2.31. The Morgan fingerprint density at radius 3 is 2.65 bits per heavy atom. The van der Waals surface area contributed by atoms with Gasteiger partial charge in [0, 0.05) is 21.9 Å². The molecule has 0 bridgehead atoms. The first-order chi connectivity index (χ1) is 9.56. The number of hydrogen-bond acceptors (Lipinski definition) is 3. The van der Waals surface area contributed by atoms with Crippen LogP contribution in [0.25, 0.3) is 0 Å². The molecular formula is C15H15F2NOS. The van der Waals surface area contributed by atoms with Crippen molar-refractivity contribution < 1.29 is 13.5 Å². The number of para-hydroxylation sites is 1. The van der Waals surface area contributed by atoms with Crippen LogP contribution in [-0.4, -0.2) is 6.61 Å². The number of aryl methyl sites for hydroxylation is 1. The van der Waals surface area contributed by atoms with E-state index < -0.39 is 6.61 Å². The minimum Gasteiger partial charge on any atom is -0.435 e. The van der Waals surface area contributed by atoms with Crippen LogP contribution in [0.2, 0.25) is 0 Å². The van der Waals surface area contributed by atoms with Gasteiger partial charge in [0.2, 0.25) is 0 Å². The number of rotatable bonds is 5. The molecule has 0 atom stereocenters. The van der Waals surface area contributed by atoms with E-state index in [1.54, 1.807) is 30.0 Å². The van der Waals surface area contributed by atoms with E-state index in [2.05, 4.69) is 4.74 Å². The summed E-state index contributed by atoms with van der Waals surface area (Å²) in [5.74, 6) is 0.788. The predicted molar refractivity (Wildman–Crippen MR) is 78.2 cm³/mol. The van der Waals surface area contributed by atoms with Crippen molar-refractivity contribution >= 4 is 17.4 Å². The maximum absolute atomic E-state index is 12.3. The van der Waals surface area contributed by atoms with Gasteiger partial charge in [-0.15, -0.1) is 11.8 Å². The van der Waals surface area contributed by atoms with Crippen LogP contribution in [0.1, 0.15) is 11.1 Å². The fraction of sp³-hybridized carbons (Fsp3) is 0.200. The second-order valence-corrected chi connectivity index (χ2v) is 5.32. The number of thioether (sulfide) groups is 1. The zero-order valence-corrected chi connectivity index (χ0v) is 11.8. The normalized spacial score (nSPS) is 10.8. The standard InChI is InChI=1S/C15H15F2NOS/c1-10-8-12(18)6-7-14(10)20-9-11-4-2-3-5-13(11)19-15(16)17/h2-8,15H,9,18H2,1H3. The molecule has 106 valence electrons. The number of hydrogen-bond donors (Lipinski definition) is 1. The van der Waals surface area contributed by atoms with Gasteiger partial charge >= 0.3 is 6.61 Å². The maximum atomic E-state index is 12.3. The number of halogens is 2. The van der Waals surface area contributed by atoms with E-state index in [0.717, 1.165) is 16.0 Å². The lowest BCUT2D eigenvalue weighted by molar-refractivity contribution is -0.0503. The molecular weight excluding hydrogens is 280 g/mol. The van der Waals surface area contributed by atoms with Crippen molar-refractivity contribution in [1.82, 2.24) is 0 Å². The van der Waals surface area contributed by atoms with Crippen LogP contribution in [0, 0.1) is 6.92 Å². The monoisotopic (exact) mass is 295 g/mol. The van der Waals surface area contributed by atoms with Gasteiger partial charge in [0.15, 0.2) is 0 Å². The van der Waals surface area contributed by atoms with Crippen molar-refractivity contribution in [3.05, 3.63) is 53.6 Å². The second kappa shape index (κ2) is 6.61. The molecule has 5 heteroatoms. The Kier molecular flexibility index (Phi) is 4.84. The third-order valence-electron chi connectivity index (χ3n) is 2.77. The number of benzene rings is 2. The van der Waals surface area contributed by atoms with Gasteiger partial charge in [-0.2, -0.15) is 8.78 Å². The summed E-state index contributed by atoms with van der Waals surface area (Å²) in [5, 5.41) is 0. The van der Waals surface area contributed by atoms with E-state index in [1.807, 2.05) is 31.2 Å². The number of nitrogens with two attached hydrogens (primary N) is 1. The predicted octanol–water partition coefficient (Wildman–Crippen LogP) is 4.47. The Morgan fingerprint density at radius 1 is 1.20 bits per heavy atom. The van der Waals surface area contributed by atoms with Gasteiger partial charge < -0.3 is 10.5 Å². The average Bonchev–Trinajstić information content (AvgIpc) is 2.39. The number of anilines is 1. The first-order valence-electron chi connectivity index (χ1n) is 6.08. The van der Waals surface area contributed by atoms with Gasteiger partial charge in [-0.25, -0.2) is 0 Å². The van der Waals surface area contributed by atoms with Crippen LogP contribution in [-0.2, 0) is 5.75 Å². The van der Waals surface area contributed by atoms with Gasteiger partial charge in [0.1, 0.15) is 5.75 Å². The van der Waals surface area contributed by atoms with Crippen LogP contribution >= 0.6 is 11.8 Å². The van der Waals surface area contributed by atoms with Gasteiger partial charge in [0.05, 0.1) is 0 Å². The molecule has 0 saturated heterocycles. The van der Waals surface area contributed by atoms with E-state index in [9.17, 15) is 8.78 Å². The molecule has 20 heavy (non-hydrogen) atoms. The lowest BCUT2D eigenvalue weighted by atomic mass is 10.2. The highest BCUT2D eigenvalue weighted by Gasteiger charge is 2.09. The SMILES string of the molecule is Cc1cc(N)ccc1SCc1ccccc1OC(F)F. The van der Waals surface area contributed by atoms with E-state index in [4.69, 9.17) is 5.73 Å². The molecule has 2 nitrogen and oxygen atoms in total. The Balaban J connectivity index is 2.10. The minimum atomic E-state index is -2.81. The summed E-state index contributed by atoms with van der Waals surface area (Å²) in [6, 6.07) is 12.5. The largest absolute Gasteiger partial charge is 0.435 e. The fourth-order valence-corrected chi connectivity index (χ4v) is 2.82. The quantitative estimate of drug-likeness (QED) is 0.653. The third kappa shape index (κ3) is 3.87. The highest BCUT2D eigenvalue weighted by molar-refractivity contribution is 7.98. The van der Waals surface area contributed by atoms with Gasteiger partial charge in [-0.3, -0.25) is 0 Å². The average molecular weight is 295 g/mol. The van der Waals surface area contributed by atoms with Gasteiger partial charge in [-0.05, 0) is 36.8 Å². The van der Waals surface area contributed by atoms with Crippen LogP contribution in [0.5, 0.6) is 5.75 Å². The van der Waals surface area contributed by atoms with Gasteiger partial charge in [-0.1, -0.05) is 18.2 Å². The van der Waals surface area contributed by atoms with E-state index >= 15 is 0 Å². The summed E-state index contributed by atoms with van der Waals surface area (Å²) in [4.78, 5) is 1.08. The second-order valence-electron chi connectivity index (χ2n) is 4.30. The van der Waals surface area contributed by atoms with E-state index in [1.165, 1.54) is 0 Å². The van der Waals surface area contributed by atoms with Crippen LogP contribution < -0.4 is 10.5 Å². The molecule has 0 amide bonds. The Labute approximate surface area is 120 Å². The van der Waals surface area contributed by atoms with Crippen molar-refractivity contribution in [3.8, 4) is 5.75 Å². The molecule has 2 aromatic rings. The Morgan fingerprint density at radius 2 is 1.95 bits per heavy atom. The number of alkyl halides is 2. The number of ether oxygens (including phenoxy) is 1. The molecule has 0 heterocycles. The summed E-state index contributed by atoms with van der Waals surface area (Å²) >= 11 is 1.57. The van der Waals surface area contributed by atoms with Crippen molar-refractivity contribution in [3.63, 3.8) is 0 Å². The summed E-state index contributed by atoms with van der Waals surface area (Å²) < 4.78 is 29.2. The smallest absolute Gasteiger partial charge is 0.387 e. The molecule has 2 rings (SSSR count). The highest BCUT2D eigenvalue weighted by atomic mass is 32.2. The molecule has 0 aliphatic rings. The molecule has 0 aliphatic carbocycles. The maximum Gasteiger partial charge on any atom is 0.387 e. The first-order valence-corrected chi connectivity index (χ1v) is 7.06. The molecule has 2 aromatic carbocycles. The first kappa shape index (κ1) is 14.7. The topological polar surface area (TPSA) is 35.2 Å². The molecule has 0 saturated carbocycles. The Hall–Kier alpha value is -1.75. The van der Waals surface area contributed by atoms with Crippen molar-refractivity contribution in [2.75, 3.05) is 5.73 Å². The summed E-state index contributed by atoms with van der Waals surface area (Å²) in [6.45, 7) is -0.834. The third-order valence-corrected chi connectivity index (χ3v) is 4.00. The molecule has 0 unspecified atom stereocenters. The van der Waals surface area contributed by atoms with Crippen molar-refractivity contribution in [2.24, 2.45) is 0 Å². The molecule has 0 radical (unpaired) electrons. The van der Waals surface area contributed by atoms with E-state index in [0.29, 0.717) is 11.4 Å². The van der Waals surface area contributed by atoms with Crippen molar-refractivity contribution in [1.29, 1.82) is 0 Å². The summed E-state index contributed by atoms with van der Waals surface area (Å²) in [7, 11) is 0. The zero-order valence-electron chi connectivity index (χ0n) is 11.0. The summed E-state index contributed by atoms with van der Waals surface area (Å²) in [5.41, 5.74) is 8.23. The lowest BCUT2D eigenvalue weighted by Gasteiger charge is -2.11. The molecule has 0 aromatic heterocycles. The summed E-state index contributed by atoms with van der Waals surface area (Å²) in [6.07, 6.45) is 0. The zero-order chi connectivity index (χ0) is 14.5. The molecule has 0 aliphatic heterocycles. The molecule has 0 fully saturated rings. The van der Waals surface area contributed by atoms with Crippen LogP contribution in [0.4, 0.5) is 14.5 Å².